The highest BCUT2D eigenvalue weighted by Gasteiger charge is 2.39. The zero-order valence-corrected chi connectivity index (χ0v) is 13.9. The van der Waals surface area contributed by atoms with E-state index in [1.54, 1.807) is 11.0 Å². The second kappa shape index (κ2) is 5.44. The van der Waals surface area contributed by atoms with Gasteiger partial charge in [-0.2, -0.15) is 0 Å². The van der Waals surface area contributed by atoms with Gasteiger partial charge in [-0.3, -0.25) is 9.59 Å². The Labute approximate surface area is 135 Å². The minimum absolute atomic E-state index is 0.0278. The molecule has 0 saturated carbocycles. The summed E-state index contributed by atoms with van der Waals surface area (Å²) >= 11 is 0. The van der Waals surface area contributed by atoms with Gasteiger partial charge in [0.25, 0.3) is 0 Å². The van der Waals surface area contributed by atoms with E-state index in [9.17, 15) is 9.59 Å². The van der Waals surface area contributed by atoms with Gasteiger partial charge in [0, 0.05) is 30.3 Å². The molecule has 3 rings (SSSR count). The molecule has 0 radical (unpaired) electrons. The molecule has 2 amide bonds. The van der Waals surface area contributed by atoms with Crippen LogP contribution in [0.3, 0.4) is 0 Å². The summed E-state index contributed by atoms with van der Waals surface area (Å²) in [5, 5.41) is 2.92. The fraction of sp³-hybridized carbons (Fsp3) is 0.529. The number of hydrogen-bond donors (Lipinski definition) is 1. The predicted molar refractivity (Wildman–Crippen MR) is 85.5 cm³/mol. The fourth-order valence-electron chi connectivity index (χ4n) is 2.94. The summed E-state index contributed by atoms with van der Waals surface area (Å²) in [4.78, 5) is 26.4. The molecular weight excluding hydrogens is 296 g/mol. The number of nitrogens with one attached hydrogen (secondary N) is 1. The van der Waals surface area contributed by atoms with Crippen LogP contribution in [0, 0.1) is 12.8 Å². The van der Waals surface area contributed by atoms with E-state index in [0.29, 0.717) is 23.7 Å². The lowest BCUT2D eigenvalue weighted by Gasteiger charge is -2.31. The number of carbonyl (C=O) groups excluding carboxylic acids is 2. The van der Waals surface area contributed by atoms with Crippen LogP contribution >= 0.6 is 0 Å². The van der Waals surface area contributed by atoms with Gasteiger partial charge in [-0.25, -0.2) is 0 Å². The minimum atomic E-state index is -0.327. The molecule has 0 aliphatic carbocycles. The third-order valence-electron chi connectivity index (χ3n) is 4.28. The third kappa shape index (κ3) is 2.98. The number of likely N-dealkylation sites (tertiary alicyclic amines) is 1. The number of anilines is 1. The van der Waals surface area contributed by atoms with Gasteiger partial charge < -0.3 is 19.7 Å². The van der Waals surface area contributed by atoms with Crippen LogP contribution in [0.1, 0.15) is 32.8 Å². The number of fused-ring (bicyclic) bond motifs is 1. The van der Waals surface area contributed by atoms with Crippen molar-refractivity contribution in [1.82, 2.24) is 4.90 Å². The summed E-state index contributed by atoms with van der Waals surface area (Å²) in [7, 11) is 0. The lowest BCUT2D eigenvalue weighted by Crippen LogP contribution is -2.42. The number of hydrogen-bond acceptors (Lipinski definition) is 4. The van der Waals surface area contributed by atoms with E-state index in [4.69, 9.17) is 9.47 Å². The zero-order chi connectivity index (χ0) is 16.8. The van der Waals surface area contributed by atoms with Crippen molar-refractivity contribution in [1.29, 1.82) is 0 Å². The Hall–Kier alpha value is -2.24. The zero-order valence-electron chi connectivity index (χ0n) is 13.9. The van der Waals surface area contributed by atoms with Crippen molar-refractivity contribution >= 4 is 17.5 Å². The Morgan fingerprint density at radius 3 is 2.52 bits per heavy atom. The third-order valence-corrected chi connectivity index (χ3v) is 4.28. The van der Waals surface area contributed by atoms with Crippen LogP contribution in [0.5, 0.6) is 11.5 Å². The number of aryl methyl sites for hydroxylation is 1. The van der Waals surface area contributed by atoms with E-state index in [1.165, 1.54) is 0 Å². The Morgan fingerprint density at radius 1 is 1.26 bits per heavy atom. The maximum atomic E-state index is 12.5. The van der Waals surface area contributed by atoms with Crippen molar-refractivity contribution in [2.24, 2.45) is 5.92 Å². The first kappa shape index (κ1) is 15.6. The average molecular weight is 318 g/mol. The molecule has 23 heavy (non-hydrogen) atoms. The molecule has 2 aliphatic rings. The monoisotopic (exact) mass is 318 g/mol. The maximum Gasteiger partial charge on any atom is 0.231 e. The van der Waals surface area contributed by atoms with E-state index in [0.717, 1.165) is 5.56 Å². The molecule has 6 nitrogen and oxygen atoms in total. The van der Waals surface area contributed by atoms with Crippen molar-refractivity contribution in [3.63, 3.8) is 0 Å². The number of ether oxygens (including phenoxy) is 2. The Morgan fingerprint density at radius 2 is 1.91 bits per heavy atom. The average Bonchev–Trinajstić information content (AvgIpc) is 3.04. The van der Waals surface area contributed by atoms with Gasteiger partial charge in [0.2, 0.25) is 18.6 Å². The van der Waals surface area contributed by atoms with Gasteiger partial charge in [-0.15, -0.1) is 0 Å². The van der Waals surface area contributed by atoms with Crippen LogP contribution < -0.4 is 14.8 Å². The first-order valence-corrected chi connectivity index (χ1v) is 7.77. The molecule has 1 unspecified atom stereocenters. The number of nitrogens with zero attached hydrogens (tertiary/aromatic N) is 1. The summed E-state index contributed by atoms with van der Waals surface area (Å²) in [6.45, 7) is 8.49. The molecule has 2 aliphatic heterocycles. The van der Waals surface area contributed by atoms with Gasteiger partial charge in [0.1, 0.15) is 0 Å². The van der Waals surface area contributed by atoms with Crippen LogP contribution in [-0.4, -0.2) is 35.6 Å². The number of rotatable bonds is 2. The molecule has 1 atom stereocenters. The molecular formula is C17H22N2O4. The fourth-order valence-corrected chi connectivity index (χ4v) is 2.94. The minimum Gasteiger partial charge on any atom is -0.454 e. The van der Waals surface area contributed by atoms with Gasteiger partial charge in [0.15, 0.2) is 11.5 Å². The van der Waals surface area contributed by atoms with Gasteiger partial charge in [0.05, 0.1) is 5.92 Å². The van der Waals surface area contributed by atoms with E-state index in [1.807, 2.05) is 33.8 Å². The molecule has 1 N–H and O–H groups in total. The SMILES string of the molecule is Cc1cc2c(cc1NC(=O)C1CC(=O)N(C(C)(C)C)C1)OCO2. The van der Waals surface area contributed by atoms with Crippen LogP contribution in [0.2, 0.25) is 0 Å². The molecule has 1 aromatic rings. The lowest BCUT2D eigenvalue weighted by atomic mass is 10.1. The highest BCUT2D eigenvalue weighted by atomic mass is 16.7. The molecule has 0 spiro atoms. The molecule has 0 bridgehead atoms. The van der Waals surface area contributed by atoms with Gasteiger partial charge >= 0.3 is 0 Å². The van der Waals surface area contributed by atoms with Crippen LogP contribution in [-0.2, 0) is 9.59 Å². The van der Waals surface area contributed by atoms with Crippen molar-refractivity contribution in [3.8, 4) is 11.5 Å². The Kier molecular flexibility index (Phi) is 3.70. The van der Waals surface area contributed by atoms with Crippen molar-refractivity contribution in [2.45, 2.75) is 39.7 Å². The Bertz CT molecular complexity index is 663. The second-order valence-electron chi connectivity index (χ2n) is 7.09. The van der Waals surface area contributed by atoms with Crippen molar-refractivity contribution in [2.75, 3.05) is 18.7 Å². The first-order chi connectivity index (χ1) is 10.8. The molecule has 2 heterocycles. The van der Waals surface area contributed by atoms with E-state index in [2.05, 4.69) is 5.32 Å². The quantitative estimate of drug-likeness (QED) is 0.908. The van der Waals surface area contributed by atoms with Crippen molar-refractivity contribution in [3.05, 3.63) is 17.7 Å². The molecule has 1 aromatic carbocycles. The normalized spacial score (nSPS) is 20.1. The van der Waals surface area contributed by atoms with Crippen LogP contribution in [0.15, 0.2) is 12.1 Å². The summed E-state index contributed by atoms with van der Waals surface area (Å²) in [6.07, 6.45) is 0.257. The van der Waals surface area contributed by atoms with E-state index in [-0.39, 0.29) is 36.5 Å². The number of benzene rings is 1. The summed E-state index contributed by atoms with van der Waals surface area (Å²) in [6, 6.07) is 3.62. The summed E-state index contributed by atoms with van der Waals surface area (Å²) in [5.74, 6) is 0.888. The van der Waals surface area contributed by atoms with E-state index < -0.39 is 0 Å². The second-order valence-corrected chi connectivity index (χ2v) is 7.09. The lowest BCUT2D eigenvalue weighted by molar-refractivity contribution is -0.131. The topological polar surface area (TPSA) is 67.9 Å². The molecule has 6 heteroatoms. The van der Waals surface area contributed by atoms with Crippen LogP contribution in [0.25, 0.3) is 0 Å². The highest BCUT2D eigenvalue weighted by Crippen LogP contribution is 2.37. The van der Waals surface area contributed by atoms with Crippen molar-refractivity contribution < 1.29 is 19.1 Å². The first-order valence-electron chi connectivity index (χ1n) is 7.77. The molecule has 1 fully saturated rings. The molecule has 0 aromatic heterocycles. The highest BCUT2D eigenvalue weighted by molar-refractivity contribution is 5.98. The standard InChI is InChI=1S/C17H22N2O4/c1-10-5-13-14(23-9-22-13)7-12(10)18-16(21)11-6-15(20)19(8-11)17(2,3)4/h5,7,11H,6,8-9H2,1-4H3,(H,18,21). The molecule has 124 valence electrons. The maximum absolute atomic E-state index is 12.5. The predicted octanol–water partition coefficient (Wildman–Crippen LogP) is 2.31. The number of amides is 2. The largest absolute Gasteiger partial charge is 0.454 e. The van der Waals surface area contributed by atoms with Gasteiger partial charge in [-0.05, 0) is 39.3 Å². The molecule has 1 saturated heterocycles. The van der Waals surface area contributed by atoms with Crippen LogP contribution in [0.4, 0.5) is 5.69 Å². The smallest absolute Gasteiger partial charge is 0.231 e. The number of carbonyl (C=O) groups is 2. The van der Waals surface area contributed by atoms with Gasteiger partial charge in [-0.1, -0.05) is 0 Å². The summed E-state index contributed by atoms with van der Waals surface area (Å²) < 4.78 is 10.7. The Balaban J connectivity index is 1.72. The summed E-state index contributed by atoms with van der Waals surface area (Å²) in [5.41, 5.74) is 1.33. The van der Waals surface area contributed by atoms with E-state index >= 15 is 0 Å².